The van der Waals surface area contributed by atoms with Gasteiger partial charge in [-0.1, -0.05) is 0 Å². The molecule has 1 atom stereocenters. The van der Waals surface area contributed by atoms with Gasteiger partial charge in [0.1, 0.15) is 0 Å². The molecule has 0 heterocycles. The van der Waals surface area contributed by atoms with Crippen LogP contribution in [-0.2, 0) is 0 Å². The predicted molar refractivity (Wildman–Crippen MR) is 36.8 cm³/mol. The van der Waals surface area contributed by atoms with Crippen LogP contribution in [0.4, 0.5) is 0 Å². The summed E-state index contributed by atoms with van der Waals surface area (Å²) < 4.78 is 1.11. The van der Waals surface area contributed by atoms with Crippen LogP contribution < -0.4 is 0 Å². The van der Waals surface area contributed by atoms with Gasteiger partial charge in [-0.05, 0) is 0 Å². The molecule has 0 saturated heterocycles. The molecule has 3 radical (unpaired) electrons. The Morgan fingerprint density at radius 3 is 2.75 bits per heavy atom. The van der Waals surface area contributed by atoms with E-state index in [9.17, 15) is 0 Å². The third-order valence-electron chi connectivity index (χ3n) is 0.910. The third-order valence-corrected chi connectivity index (χ3v) is 4.09. The van der Waals surface area contributed by atoms with Gasteiger partial charge >= 0.3 is 61.5 Å². The van der Waals surface area contributed by atoms with Crippen LogP contribution in [0.2, 0.25) is 4.44 Å². The van der Waals surface area contributed by atoms with Crippen LogP contribution in [0, 0.1) is 6.92 Å². The molecule has 0 aliphatic rings. The standard InChI is InChI=1S/C4H9.C2H4O.Sn/c1-3-4-2;1-2-3;/h1,3-4H2,2H3;2-3H,1H2;. The van der Waals surface area contributed by atoms with Crippen molar-refractivity contribution < 1.29 is 5.11 Å². The van der Waals surface area contributed by atoms with Gasteiger partial charge in [-0.25, -0.2) is 0 Å². The van der Waals surface area contributed by atoms with Crippen molar-refractivity contribution >= 4 is 21.1 Å². The molecule has 8 heavy (non-hydrogen) atoms. The summed E-state index contributed by atoms with van der Waals surface area (Å²) in [5, 5.41) is 8.74. The van der Waals surface area contributed by atoms with Gasteiger partial charge in [-0.2, -0.15) is 0 Å². The van der Waals surface area contributed by atoms with Crippen LogP contribution in [-0.4, -0.2) is 30.4 Å². The third kappa shape index (κ3) is 6.76. The quantitative estimate of drug-likeness (QED) is 0.554. The van der Waals surface area contributed by atoms with E-state index in [-0.39, 0.29) is 4.12 Å². The summed E-state index contributed by atoms with van der Waals surface area (Å²) >= 11 is -0.461. The van der Waals surface area contributed by atoms with Gasteiger partial charge in [-0.3, -0.25) is 0 Å². The molecule has 0 aliphatic carbocycles. The zero-order valence-corrected chi connectivity index (χ0v) is 8.21. The van der Waals surface area contributed by atoms with Crippen molar-refractivity contribution in [2.75, 3.05) is 0 Å². The second-order valence-electron chi connectivity index (χ2n) is 1.82. The Bertz CT molecular complexity index is 45.8. The Morgan fingerprint density at radius 2 is 2.38 bits per heavy atom. The normalized spacial score (nSPS) is 13.9. The topological polar surface area (TPSA) is 20.2 Å². The van der Waals surface area contributed by atoms with Crippen LogP contribution in [0.25, 0.3) is 0 Å². The van der Waals surface area contributed by atoms with Crippen LogP contribution in [0.1, 0.15) is 19.8 Å². The number of unbranched alkanes of at least 4 members (excludes halogenated alkanes) is 1. The first-order valence-corrected chi connectivity index (χ1v) is 6.68. The Balaban J connectivity index is 2.72. The van der Waals surface area contributed by atoms with Gasteiger partial charge in [0, 0.05) is 0 Å². The van der Waals surface area contributed by atoms with Gasteiger partial charge in [0.15, 0.2) is 0 Å². The van der Waals surface area contributed by atoms with E-state index < -0.39 is 21.1 Å². The van der Waals surface area contributed by atoms with E-state index in [1.165, 1.54) is 17.3 Å². The number of hydrogen-bond acceptors (Lipinski definition) is 1. The van der Waals surface area contributed by atoms with Gasteiger partial charge < -0.3 is 0 Å². The van der Waals surface area contributed by atoms with Gasteiger partial charge in [0.2, 0.25) is 0 Å². The SMILES string of the molecule is [CH2][CH](O)[Sn][CH2]CCC. The molecule has 0 rings (SSSR count). The van der Waals surface area contributed by atoms with Crippen molar-refractivity contribution in [2.24, 2.45) is 0 Å². The average Bonchev–Trinajstić information content (AvgIpc) is 1.66. The fourth-order valence-corrected chi connectivity index (χ4v) is 2.99. The van der Waals surface area contributed by atoms with Crippen molar-refractivity contribution in [3.63, 3.8) is 0 Å². The minimum absolute atomic E-state index is 0.176. The molecule has 0 aromatic rings. The molecule has 0 fully saturated rings. The minimum atomic E-state index is -0.461. The van der Waals surface area contributed by atoms with Crippen LogP contribution in [0.15, 0.2) is 0 Å². The van der Waals surface area contributed by atoms with E-state index in [4.69, 9.17) is 5.11 Å². The summed E-state index contributed by atoms with van der Waals surface area (Å²) in [7, 11) is 0. The fraction of sp³-hybridized carbons (Fsp3) is 0.833. The van der Waals surface area contributed by atoms with Crippen molar-refractivity contribution in [1.82, 2.24) is 0 Å². The predicted octanol–water partition coefficient (Wildman–Crippen LogP) is 1.06. The summed E-state index contributed by atoms with van der Waals surface area (Å²) in [5.74, 6) is 0. The molecule has 1 unspecified atom stereocenters. The first-order chi connectivity index (χ1) is 3.77. The number of aliphatic hydroxyl groups excluding tert-OH is 1. The Hall–Kier alpha value is 0.759. The first kappa shape index (κ1) is 8.76. The fourth-order valence-electron chi connectivity index (χ4n) is 0.445. The second kappa shape index (κ2) is 5.89. The number of rotatable bonds is 4. The molecule has 0 amide bonds. The van der Waals surface area contributed by atoms with Crippen molar-refractivity contribution in [2.45, 2.75) is 28.3 Å². The average molecular weight is 220 g/mol. The van der Waals surface area contributed by atoms with E-state index >= 15 is 0 Å². The zero-order chi connectivity index (χ0) is 6.41. The molecule has 2 heteroatoms. The first-order valence-electron chi connectivity index (χ1n) is 3.02. The molecule has 0 saturated carbocycles. The Morgan fingerprint density at radius 1 is 1.75 bits per heavy atom. The summed E-state index contributed by atoms with van der Waals surface area (Å²) in [6, 6.07) is 0. The van der Waals surface area contributed by atoms with E-state index in [1.54, 1.807) is 0 Å². The van der Waals surface area contributed by atoms with E-state index in [2.05, 4.69) is 13.8 Å². The summed E-state index contributed by atoms with van der Waals surface area (Å²) in [5.41, 5.74) is 0. The van der Waals surface area contributed by atoms with Crippen LogP contribution in [0.5, 0.6) is 0 Å². The second-order valence-corrected chi connectivity index (χ2v) is 6.32. The molecular formula is C6H13OSn. The molecule has 47 valence electrons. The number of aliphatic hydroxyl groups is 1. The van der Waals surface area contributed by atoms with E-state index in [1.807, 2.05) is 0 Å². The van der Waals surface area contributed by atoms with Crippen molar-refractivity contribution in [1.29, 1.82) is 0 Å². The van der Waals surface area contributed by atoms with E-state index in [0.29, 0.717) is 0 Å². The summed E-state index contributed by atoms with van der Waals surface area (Å²) in [6.07, 6.45) is 2.55. The monoisotopic (exact) mass is 221 g/mol. The summed E-state index contributed by atoms with van der Waals surface area (Å²) in [6.45, 7) is 5.72. The zero-order valence-electron chi connectivity index (χ0n) is 5.35. The van der Waals surface area contributed by atoms with E-state index in [0.717, 1.165) is 0 Å². The van der Waals surface area contributed by atoms with Crippen LogP contribution >= 0.6 is 0 Å². The molecule has 1 nitrogen and oxygen atoms in total. The molecular weight excluding hydrogens is 207 g/mol. The molecule has 1 N–H and O–H groups in total. The van der Waals surface area contributed by atoms with Crippen molar-refractivity contribution in [3.8, 4) is 0 Å². The van der Waals surface area contributed by atoms with Gasteiger partial charge in [0.05, 0.1) is 0 Å². The van der Waals surface area contributed by atoms with Gasteiger partial charge in [-0.15, -0.1) is 0 Å². The summed E-state index contributed by atoms with van der Waals surface area (Å²) in [4.78, 5) is 0. The maximum absolute atomic E-state index is 8.74. The molecule has 0 aromatic heterocycles. The Labute approximate surface area is 61.7 Å². The molecule has 0 spiro atoms. The Kier molecular flexibility index (Phi) is 6.45. The van der Waals surface area contributed by atoms with Gasteiger partial charge in [0.25, 0.3) is 0 Å². The molecule has 0 aromatic carbocycles. The molecule has 0 bridgehead atoms. The van der Waals surface area contributed by atoms with Crippen LogP contribution in [0.3, 0.4) is 0 Å². The maximum atomic E-state index is 8.74. The van der Waals surface area contributed by atoms with Crippen molar-refractivity contribution in [3.05, 3.63) is 6.92 Å². The molecule has 0 aliphatic heterocycles. The number of hydrogen-bond donors (Lipinski definition) is 1.